The summed E-state index contributed by atoms with van der Waals surface area (Å²) in [4.78, 5) is 27.1. The molecule has 15 aromatic rings. The Kier molecular flexibility index (Phi) is 38.5. The predicted molar refractivity (Wildman–Crippen MR) is 482 cm³/mol. The first kappa shape index (κ1) is 85.5. The number of hydrogen-bond donors (Lipinski definition) is 0. The molecule has 6 aromatic heterocycles. The number of rotatable bonds is 16. The van der Waals surface area contributed by atoms with Gasteiger partial charge < -0.3 is 0 Å². The standard InChI is InChI=1S/C21H18NP.C20H15P.C19H14NP.C12H10.C9H8NOP.2C7H5N.C5H4N4/c1-2-3-10-18-15-16-22-21(17-18)23(19-11-6-4-7-12-19)20-13-8-5-9-14-20;1-2-17-13-15-20(16-14-17)21(18-9-5-3-6-10-18)19-11-7-4-8-12-19;1-2-16-13-14-20-19(15-16)21(17-9-5-3-6-10-17)18-11-7-4-8-12-18;1-3-7-11(8-4-1)12-9-5-2-6-10-12;1-2-3-4-8-5-6-10-9(7-8)12-11;1-2-7-3-5-8-6-4-7;1-2-7-5-3-4-6-8-7;6-9-8-5-1-3-7-4-2-5/h1,4-9,11-17H,3,10H2;1,3-16H;1,3-15H;1-10H;1,5-7H,3-4H2;2*1,3-6H;1-4H. The van der Waals surface area contributed by atoms with Gasteiger partial charge >= 0.3 is 0 Å². The SMILES string of the molecule is C#CCCc1ccnc(P(c2ccccc2)c2ccccc2)c1.C#CCCc1ccnc(P=O)c1.C#Cc1ccc(P(c2ccccc2)c2ccccc2)cc1.C#Cc1ccccn1.C#Cc1ccnc(P(c2ccccc2)c2ccccc2)c1.C#Cc1ccncc1.[N-]=[N+]=Nc1ccncc1.c1ccc(-c2ccccc2)cc1. The van der Waals surface area contributed by atoms with Gasteiger partial charge in [0, 0.05) is 106 Å². The normalized spacial score (nSPS) is 9.66. The van der Waals surface area contributed by atoms with E-state index in [2.05, 4.69) is 318 Å². The molecule has 0 radical (unpaired) electrons. The zero-order valence-electron chi connectivity index (χ0n) is 62.5. The van der Waals surface area contributed by atoms with E-state index in [1.807, 2.05) is 72.9 Å². The number of terminal acetylenes is 6. The van der Waals surface area contributed by atoms with Crippen LogP contribution in [0.4, 0.5) is 5.69 Å². The number of nitrogens with zero attached hydrogens (tertiary/aromatic N) is 9. The van der Waals surface area contributed by atoms with Gasteiger partial charge in [-0.3, -0.25) is 24.5 Å². The highest BCUT2D eigenvalue weighted by Gasteiger charge is 2.20. The largest absolute Gasteiger partial charge is 0.268 e. The van der Waals surface area contributed by atoms with E-state index in [-0.39, 0.29) is 8.46 Å². The zero-order valence-corrected chi connectivity index (χ0v) is 66.1. The second kappa shape index (κ2) is 51.4. The van der Waals surface area contributed by atoms with E-state index in [1.165, 1.54) is 53.8 Å². The van der Waals surface area contributed by atoms with E-state index in [9.17, 15) is 4.57 Å². The lowest BCUT2D eigenvalue weighted by molar-refractivity contribution is 0.602. The Hall–Kier alpha value is -14.1. The zero-order chi connectivity index (χ0) is 80.1. The molecule has 9 aromatic carbocycles. The van der Waals surface area contributed by atoms with Crippen molar-refractivity contribution in [1.82, 2.24) is 29.9 Å². The Labute approximate surface area is 676 Å². The molecule has 0 N–H and O–H groups in total. The summed E-state index contributed by atoms with van der Waals surface area (Å²) in [6.07, 6.45) is 48.3. The van der Waals surface area contributed by atoms with Crippen LogP contribution >= 0.6 is 32.2 Å². The van der Waals surface area contributed by atoms with Gasteiger partial charge in [0.05, 0.1) is 10.9 Å². The monoisotopic (exact) mass is 1550 g/mol. The second-order valence-electron chi connectivity index (χ2n) is 23.7. The van der Waals surface area contributed by atoms with Crippen molar-refractivity contribution in [2.75, 3.05) is 0 Å². The fraction of sp³-hybridized carbons (Fsp3) is 0.0400. The Balaban J connectivity index is 0.000000168. The van der Waals surface area contributed by atoms with Crippen LogP contribution in [0.2, 0.25) is 0 Å². The average Bonchev–Trinajstić information content (AvgIpc) is 0.823. The smallest absolute Gasteiger partial charge is 0.212 e. The number of hydrogen-bond acceptors (Lipinski definition) is 8. The van der Waals surface area contributed by atoms with Crippen molar-refractivity contribution in [2.24, 2.45) is 5.11 Å². The van der Waals surface area contributed by atoms with Crippen LogP contribution in [0.1, 0.15) is 46.4 Å². The highest BCUT2D eigenvalue weighted by atomic mass is 31.1. The summed E-state index contributed by atoms with van der Waals surface area (Å²) in [5.74, 6) is 15.5. The Morgan fingerprint density at radius 3 is 1.04 bits per heavy atom. The summed E-state index contributed by atoms with van der Waals surface area (Å²) >= 11 is 0. The van der Waals surface area contributed by atoms with E-state index >= 15 is 0 Å². The van der Waals surface area contributed by atoms with Crippen molar-refractivity contribution >= 4 is 91.3 Å². The van der Waals surface area contributed by atoms with Crippen LogP contribution in [0.3, 0.4) is 0 Å². The number of benzene rings is 9. The molecule has 0 aliphatic carbocycles. The molecule has 0 aliphatic rings. The quantitative estimate of drug-likeness (QED) is 0.0308. The van der Waals surface area contributed by atoms with E-state index in [4.69, 9.17) is 44.1 Å². The lowest BCUT2D eigenvalue weighted by Crippen LogP contribution is -2.23. The molecule has 0 bridgehead atoms. The molecule has 10 nitrogen and oxygen atoms in total. The highest BCUT2D eigenvalue weighted by Crippen LogP contribution is 2.35. The average molecular weight is 1550 g/mol. The Morgan fingerprint density at radius 2 is 0.675 bits per heavy atom. The number of aryl methyl sites for hydroxylation is 2. The first-order chi connectivity index (χ1) is 56.3. The van der Waals surface area contributed by atoms with E-state index in [0.717, 1.165) is 52.4 Å². The summed E-state index contributed by atoms with van der Waals surface area (Å²) < 4.78 is 10.4. The van der Waals surface area contributed by atoms with Crippen molar-refractivity contribution in [3.8, 4) is 85.2 Å². The van der Waals surface area contributed by atoms with Crippen molar-refractivity contribution < 1.29 is 4.57 Å². The van der Waals surface area contributed by atoms with E-state index in [1.54, 1.807) is 79.8 Å². The van der Waals surface area contributed by atoms with Gasteiger partial charge in [0.15, 0.2) is 0 Å². The Bertz CT molecular complexity index is 5390. The van der Waals surface area contributed by atoms with Gasteiger partial charge in [-0.15, -0.1) is 50.4 Å². The highest BCUT2D eigenvalue weighted by molar-refractivity contribution is 7.80. The molecule has 0 atom stereocenters. The van der Waals surface area contributed by atoms with E-state index < -0.39 is 23.8 Å². The maximum Gasteiger partial charge on any atom is 0.212 e. The predicted octanol–water partition coefficient (Wildman–Crippen LogP) is 18.7. The van der Waals surface area contributed by atoms with Gasteiger partial charge in [-0.1, -0.05) is 290 Å². The van der Waals surface area contributed by atoms with Gasteiger partial charge in [-0.2, -0.15) is 0 Å². The molecule has 0 spiro atoms. The number of aromatic nitrogens is 6. The molecule has 15 rings (SSSR count). The first-order valence-electron chi connectivity index (χ1n) is 35.9. The number of azide groups is 1. The summed E-state index contributed by atoms with van der Waals surface area (Å²) in [6.45, 7) is 0. The topological polar surface area (TPSA) is 143 Å². The summed E-state index contributed by atoms with van der Waals surface area (Å²) in [5.41, 5.74) is 19.5. The molecule has 14 heteroatoms. The van der Waals surface area contributed by atoms with Crippen molar-refractivity contribution in [1.29, 1.82) is 0 Å². The minimum atomic E-state index is -0.675. The molecular weight excluding hydrogens is 1470 g/mol. The van der Waals surface area contributed by atoms with Crippen LogP contribution in [0.25, 0.3) is 21.6 Å². The lowest BCUT2D eigenvalue weighted by atomic mass is 10.1. The third-order valence-electron chi connectivity index (χ3n) is 15.9. The Morgan fingerprint density at radius 1 is 0.325 bits per heavy atom. The van der Waals surface area contributed by atoms with Crippen molar-refractivity contribution in [2.45, 2.75) is 25.7 Å². The molecule has 550 valence electrons. The molecule has 114 heavy (non-hydrogen) atoms. The lowest BCUT2D eigenvalue weighted by Gasteiger charge is -2.19. The van der Waals surface area contributed by atoms with Gasteiger partial charge in [0.25, 0.3) is 0 Å². The van der Waals surface area contributed by atoms with Crippen LogP contribution in [-0.2, 0) is 17.4 Å². The second-order valence-corrected chi connectivity index (χ2v) is 30.9. The molecule has 6 heterocycles. The van der Waals surface area contributed by atoms with Crippen LogP contribution < -0.4 is 53.4 Å². The first-order valence-corrected chi connectivity index (χ1v) is 40.7. The molecular formula is C100H79N9OP4. The minimum absolute atomic E-state index is 0.0388. The van der Waals surface area contributed by atoms with Crippen LogP contribution in [-0.4, -0.2) is 29.9 Å². The van der Waals surface area contributed by atoms with Crippen LogP contribution in [0, 0.1) is 74.1 Å². The summed E-state index contributed by atoms with van der Waals surface area (Å²) in [5, 5.41) is 12.6. The summed E-state index contributed by atoms with van der Waals surface area (Å²) in [6, 6.07) is 117. The fourth-order valence-corrected chi connectivity index (χ4v) is 17.6. The maximum absolute atomic E-state index is 10.4. The fourth-order valence-electron chi connectivity index (χ4n) is 10.5. The van der Waals surface area contributed by atoms with Gasteiger partial charge in [-0.05, 0) is 171 Å². The van der Waals surface area contributed by atoms with Crippen molar-refractivity contribution in [3.63, 3.8) is 0 Å². The molecule has 0 amide bonds. The third kappa shape index (κ3) is 30.1. The molecule has 0 saturated carbocycles. The molecule has 0 aliphatic heterocycles. The van der Waals surface area contributed by atoms with Gasteiger partial charge in [0.2, 0.25) is 8.46 Å². The molecule has 0 unspecified atom stereocenters. The van der Waals surface area contributed by atoms with Gasteiger partial charge in [-0.25, -0.2) is 9.97 Å². The number of pyridine rings is 6. The minimum Gasteiger partial charge on any atom is -0.268 e. The van der Waals surface area contributed by atoms with Crippen LogP contribution in [0.15, 0.2) is 400 Å². The molecule has 0 fully saturated rings. The maximum atomic E-state index is 10.4. The summed E-state index contributed by atoms with van der Waals surface area (Å²) in [7, 11) is -1.89. The van der Waals surface area contributed by atoms with E-state index in [0.29, 0.717) is 23.2 Å². The van der Waals surface area contributed by atoms with Gasteiger partial charge in [0.1, 0.15) is 11.1 Å². The molecule has 0 saturated heterocycles. The van der Waals surface area contributed by atoms with Crippen molar-refractivity contribution in [3.05, 3.63) is 439 Å². The van der Waals surface area contributed by atoms with Crippen LogP contribution in [0.5, 0.6) is 0 Å². The third-order valence-corrected chi connectivity index (χ3v) is 23.5.